The monoisotopic (exact) mass is 314 g/mol. The van der Waals surface area contributed by atoms with E-state index in [0.717, 1.165) is 26.2 Å². The summed E-state index contributed by atoms with van der Waals surface area (Å²) in [5.74, 6) is 0.290. The van der Waals surface area contributed by atoms with Crippen molar-refractivity contribution in [3.63, 3.8) is 0 Å². The van der Waals surface area contributed by atoms with Crippen LogP contribution < -0.4 is 0 Å². The molecule has 0 atom stereocenters. The molecule has 4 heteroatoms. The van der Waals surface area contributed by atoms with Crippen LogP contribution in [0.25, 0.3) is 0 Å². The number of rotatable bonds is 1. The van der Waals surface area contributed by atoms with Gasteiger partial charge in [-0.2, -0.15) is 0 Å². The Hall–Kier alpha value is 0.160. The van der Waals surface area contributed by atoms with E-state index in [9.17, 15) is 4.79 Å². The van der Waals surface area contributed by atoms with Gasteiger partial charge in [0.05, 0.1) is 0 Å². The van der Waals surface area contributed by atoms with E-state index in [1.807, 2.05) is 25.7 Å². The average molecular weight is 314 g/mol. The first-order valence-corrected chi connectivity index (χ1v) is 5.20. The predicted molar refractivity (Wildman–Crippen MR) is 71.1 cm³/mol. The van der Waals surface area contributed by atoms with Crippen LogP contribution in [0.15, 0.2) is 0 Å². The first-order chi connectivity index (χ1) is 6.24. The summed E-state index contributed by atoms with van der Waals surface area (Å²) in [5.41, 5.74) is 0. The molecule has 1 aliphatic rings. The van der Waals surface area contributed by atoms with E-state index < -0.39 is 0 Å². The van der Waals surface area contributed by atoms with E-state index in [-0.39, 0.29) is 29.9 Å². The number of amides is 1. The third-order valence-corrected chi connectivity index (χ3v) is 2.16. The van der Waals surface area contributed by atoms with Crippen LogP contribution in [0.3, 0.4) is 0 Å². The Labute approximate surface area is 105 Å². The molecule has 86 valence electrons. The van der Waals surface area contributed by atoms with Crippen LogP contribution in [-0.4, -0.2) is 48.9 Å². The minimum absolute atomic E-state index is 0. The molecule has 0 spiro atoms. The van der Waals surface area contributed by atoms with Crippen molar-refractivity contribution >= 4 is 29.9 Å². The molecule has 1 saturated heterocycles. The van der Waals surface area contributed by atoms with Gasteiger partial charge in [-0.05, 0) is 7.05 Å². The molecule has 0 aromatic rings. The molecule has 0 saturated carbocycles. The quantitative estimate of drug-likeness (QED) is 0.689. The SMILES string of the molecule is CC.CCC(=O)N1CCN(C)CC1.I. The van der Waals surface area contributed by atoms with Gasteiger partial charge in [-0.1, -0.05) is 20.8 Å². The molecular formula is C10H23IN2O. The summed E-state index contributed by atoms with van der Waals surface area (Å²) in [6, 6.07) is 0. The van der Waals surface area contributed by atoms with Crippen molar-refractivity contribution in [2.24, 2.45) is 0 Å². The second-order valence-electron chi connectivity index (χ2n) is 3.04. The van der Waals surface area contributed by atoms with Crippen molar-refractivity contribution in [1.82, 2.24) is 9.80 Å². The van der Waals surface area contributed by atoms with E-state index in [2.05, 4.69) is 11.9 Å². The molecule has 0 unspecified atom stereocenters. The van der Waals surface area contributed by atoms with Crippen molar-refractivity contribution in [2.75, 3.05) is 33.2 Å². The normalized spacial score (nSPS) is 16.4. The summed E-state index contributed by atoms with van der Waals surface area (Å²) in [6.45, 7) is 9.77. The molecule has 0 aliphatic carbocycles. The highest BCUT2D eigenvalue weighted by atomic mass is 127. The number of nitrogens with zero attached hydrogens (tertiary/aromatic N) is 2. The maximum absolute atomic E-state index is 11.2. The minimum Gasteiger partial charge on any atom is -0.340 e. The summed E-state index contributed by atoms with van der Waals surface area (Å²) >= 11 is 0. The lowest BCUT2D eigenvalue weighted by molar-refractivity contribution is -0.132. The van der Waals surface area contributed by atoms with E-state index in [4.69, 9.17) is 0 Å². The molecular weight excluding hydrogens is 291 g/mol. The van der Waals surface area contributed by atoms with Gasteiger partial charge in [-0.3, -0.25) is 4.79 Å². The van der Waals surface area contributed by atoms with Crippen LogP contribution in [0.1, 0.15) is 27.2 Å². The highest BCUT2D eigenvalue weighted by Crippen LogP contribution is 2.00. The molecule has 1 heterocycles. The standard InChI is InChI=1S/C8H16N2O.C2H6.HI/c1-3-8(11)10-6-4-9(2)5-7-10;1-2;/h3-7H2,1-2H3;1-2H3;1H. The van der Waals surface area contributed by atoms with Crippen LogP contribution in [0.5, 0.6) is 0 Å². The predicted octanol–water partition coefficient (Wildman–Crippen LogP) is 1.81. The maximum Gasteiger partial charge on any atom is 0.222 e. The first kappa shape index (κ1) is 16.6. The summed E-state index contributed by atoms with van der Waals surface area (Å²) in [5, 5.41) is 0. The lowest BCUT2D eigenvalue weighted by atomic mass is 10.3. The van der Waals surface area contributed by atoms with Crippen molar-refractivity contribution in [3.8, 4) is 0 Å². The second-order valence-corrected chi connectivity index (χ2v) is 3.04. The smallest absolute Gasteiger partial charge is 0.222 e. The zero-order valence-corrected chi connectivity index (χ0v) is 12.1. The van der Waals surface area contributed by atoms with Gasteiger partial charge in [-0.25, -0.2) is 0 Å². The summed E-state index contributed by atoms with van der Waals surface area (Å²) in [7, 11) is 2.09. The molecule has 0 radical (unpaired) electrons. The molecule has 0 aromatic carbocycles. The number of likely N-dealkylation sites (N-methyl/N-ethyl adjacent to an activating group) is 1. The number of hydrogen-bond donors (Lipinski definition) is 0. The Morgan fingerprint density at radius 1 is 1.14 bits per heavy atom. The van der Waals surface area contributed by atoms with Gasteiger partial charge < -0.3 is 9.80 Å². The lowest BCUT2D eigenvalue weighted by Gasteiger charge is -2.32. The molecule has 0 N–H and O–H groups in total. The summed E-state index contributed by atoms with van der Waals surface area (Å²) in [4.78, 5) is 15.4. The number of piperazine rings is 1. The van der Waals surface area contributed by atoms with Gasteiger partial charge in [0.1, 0.15) is 0 Å². The fourth-order valence-electron chi connectivity index (χ4n) is 1.28. The van der Waals surface area contributed by atoms with Crippen LogP contribution >= 0.6 is 24.0 Å². The van der Waals surface area contributed by atoms with Gasteiger partial charge in [0, 0.05) is 32.6 Å². The van der Waals surface area contributed by atoms with Crippen molar-refractivity contribution in [2.45, 2.75) is 27.2 Å². The fourth-order valence-corrected chi connectivity index (χ4v) is 1.28. The van der Waals surface area contributed by atoms with Crippen LogP contribution in [-0.2, 0) is 4.79 Å². The van der Waals surface area contributed by atoms with Gasteiger partial charge in [0.25, 0.3) is 0 Å². The zero-order chi connectivity index (χ0) is 10.3. The molecule has 1 rings (SSSR count). The summed E-state index contributed by atoms with van der Waals surface area (Å²) < 4.78 is 0. The number of halogens is 1. The topological polar surface area (TPSA) is 23.6 Å². The average Bonchev–Trinajstić information content (AvgIpc) is 2.21. The van der Waals surface area contributed by atoms with Gasteiger partial charge >= 0.3 is 0 Å². The van der Waals surface area contributed by atoms with E-state index >= 15 is 0 Å². The molecule has 14 heavy (non-hydrogen) atoms. The summed E-state index contributed by atoms with van der Waals surface area (Å²) in [6.07, 6.45) is 0.643. The van der Waals surface area contributed by atoms with Crippen molar-refractivity contribution in [3.05, 3.63) is 0 Å². The first-order valence-electron chi connectivity index (χ1n) is 5.20. The number of carbonyl (C=O) groups excluding carboxylic acids is 1. The second kappa shape index (κ2) is 9.71. The van der Waals surface area contributed by atoms with Crippen LogP contribution in [0.2, 0.25) is 0 Å². The van der Waals surface area contributed by atoms with Crippen molar-refractivity contribution < 1.29 is 4.79 Å². The number of carbonyl (C=O) groups is 1. The van der Waals surface area contributed by atoms with Gasteiger partial charge in [0.15, 0.2) is 0 Å². The Bertz CT molecular complexity index is 145. The van der Waals surface area contributed by atoms with Crippen molar-refractivity contribution in [1.29, 1.82) is 0 Å². The zero-order valence-electron chi connectivity index (χ0n) is 9.75. The molecule has 0 bridgehead atoms. The third kappa shape index (κ3) is 5.80. The Kier molecular flexibility index (Phi) is 11.5. The minimum atomic E-state index is 0. The highest BCUT2D eigenvalue weighted by molar-refractivity contribution is 14.0. The molecule has 1 fully saturated rings. The van der Waals surface area contributed by atoms with Crippen LogP contribution in [0.4, 0.5) is 0 Å². The van der Waals surface area contributed by atoms with E-state index in [0.29, 0.717) is 6.42 Å². The van der Waals surface area contributed by atoms with E-state index in [1.165, 1.54) is 0 Å². The third-order valence-electron chi connectivity index (χ3n) is 2.16. The fraction of sp³-hybridized carbons (Fsp3) is 0.900. The van der Waals surface area contributed by atoms with E-state index in [1.54, 1.807) is 0 Å². The molecule has 1 aliphatic heterocycles. The Morgan fingerprint density at radius 3 is 1.93 bits per heavy atom. The Balaban J connectivity index is 0. The lowest BCUT2D eigenvalue weighted by Crippen LogP contribution is -2.46. The van der Waals surface area contributed by atoms with Gasteiger partial charge in [0.2, 0.25) is 5.91 Å². The molecule has 3 nitrogen and oxygen atoms in total. The van der Waals surface area contributed by atoms with Crippen LogP contribution in [0, 0.1) is 0 Å². The maximum atomic E-state index is 11.2. The molecule has 1 amide bonds. The van der Waals surface area contributed by atoms with Gasteiger partial charge in [-0.15, -0.1) is 24.0 Å². The highest BCUT2D eigenvalue weighted by Gasteiger charge is 2.16. The number of hydrogen-bond acceptors (Lipinski definition) is 2. The largest absolute Gasteiger partial charge is 0.340 e. The Morgan fingerprint density at radius 2 is 1.57 bits per heavy atom. The molecule has 0 aromatic heterocycles.